The quantitative estimate of drug-likeness (QED) is 0.440. The molecule has 0 saturated carbocycles. The summed E-state index contributed by atoms with van der Waals surface area (Å²) in [5.74, 6) is -0.517. The van der Waals surface area contributed by atoms with Crippen molar-refractivity contribution in [1.29, 1.82) is 0 Å². The summed E-state index contributed by atoms with van der Waals surface area (Å²) < 4.78 is 19.7. The Morgan fingerprint density at radius 1 is 1.50 bits per heavy atom. The monoisotopic (exact) mass is 222 g/mol. The van der Waals surface area contributed by atoms with E-state index in [1.165, 1.54) is 13.2 Å². The molecule has 0 heterocycles. The highest BCUT2D eigenvalue weighted by molar-refractivity contribution is 7.32. The second kappa shape index (κ2) is 5.29. The van der Waals surface area contributed by atoms with Gasteiger partial charge in [-0.1, -0.05) is 0 Å². The van der Waals surface area contributed by atoms with Crippen molar-refractivity contribution in [3.05, 3.63) is 11.6 Å². The molecule has 0 aromatic heterocycles. The Morgan fingerprint density at radius 2 is 2.00 bits per heavy atom. The van der Waals surface area contributed by atoms with Gasteiger partial charge in [-0.05, 0) is 26.3 Å². The Labute approximate surface area is 83.7 Å². The minimum absolute atomic E-state index is 0.517. The molecule has 0 fully saturated rings. The van der Waals surface area contributed by atoms with E-state index in [1.807, 2.05) is 0 Å². The summed E-state index contributed by atoms with van der Waals surface area (Å²) in [6.07, 6.45) is 1.23. The first-order valence-electron chi connectivity index (χ1n) is 3.98. The minimum Gasteiger partial charge on any atom is -0.466 e. The van der Waals surface area contributed by atoms with Crippen LogP contribution in [0.2, 0.25) is 0 Å². The summed E-state index contributed by atoms with van der Waals surface area (Å²) in [6.45, 7) is 4.82. The molecule has 0 radical (unpaired) electrons. The molecule has 0 spiro atoms. The molecule has 6 heteroatoms. The van der Waals surface area contributed by atoms with Crippen molar-refractivity contribution in [1.82, 2.24) is 0 Å². The maximum absolute atomic E-state index is 10.9. The van der Waals surface area contributed by atoms with E-state index in [9.17, 15) is 9.36 Å². The molecule has 14 heavy (non-hydrogen) atoms. The van der Waals surface area contributed by atoms with E-state index < -0.39 is 19.8 Å². The van der Waals surface area contributed by atoms with Gasteiger partial charge in [0.25, 0.3) is 0 Å². The maximum atomic E-state index is 10.9. The van der Waals surface area contributed by atoms with Crippen LogP contribution in [0.4, 0.5) is 0 Å². The number of hydrogen-bond acceptors (Lipinski definition) is 4. The van der Waals surface area contributed by atoms with Crippen LogP contribution in [0.15, 0.2) is 11.6 Å². The van der Waals surface area contributed by atoms with Crippen LogP contribution in [0.5, 0.6) is 0 Å². The van der Waals surface area contributed by atoms with Crippen molar-refractivity contribution in [2.45, 2.75) is 26.4 Å². The van der Waals surface area contributed by atoms with Crippen molar-refractivity contribution < 1.29 is 23.5 Å². The summed E-state index contributed by atoms with van der Waals surface area (Å²) in [7, 11) is -1.76. The smallest absolute Gasteiger partial charge is 0.330 e. The van der Waals surface area contributed by atoms with Crippen molar-refractivity contribution in [2.75, 3.05) is 7.11 Å². The summed E-state index contributed by atoms with van der Waals surface area (Å²) >= 11 is 0. The molecule has 0 aliphatic heterocycles. The Bertz CT molecular complexity index is 269. The van der Waals surface area contributed by atoms with Gasteiger partial charge in [0, 0.05) is 6.08 Å². The van der Waals surface area contributed by atoms with Crippen molar-refractivity contribution in [3.63, 3.8) is 0 Å². The second-order valence-electron chi connectivity index (χ2n) is 3.23. The van der Waals surface area contributed by atoms with Crippen molar-refractivity contribution in [3.8, 4) is 0 Å². The van der Waals surface area contributed by atoms with Crippen LogP contribution in [0.1, 0.15) is 20.8 Å². The van der Waals surface area contributed by atoms with Gasteiger partial charge >= 0.3 is 14.2 Å². The molecule has 0 amide bonds. The van der Waals surface area contributed by atoms with Crippen LogP contribution in [0, 0.1) is 0 Å². The lowest BCUT2D eigenvalue weighted by Gasteiger charge is -2.24. The fourth-order valence-corrected chi connectivity index (χ4v) is 1.31. The Hall–Kier alpha value is -0.640. The maximum Gasteiger partial charge on any atom is 0.330 e. The molecule has 0 bridgehead atoms. The molecule has 0 aliphatic carbocycles. The fraction of sp³-hybridized carbons (Fsp3) is 0.625. The van der Waals surface area contributed by atoms with Crippen LogP contribution >= 0.6 is 8.25 Å². The lowest BCUT2D eigenvalue weighted by Crippen LogP contribution is -2.23. The van der Waals surface area contributed by atoms with Crippen molar-refractivity contribution >= 4 is 14.2 Å². The average molecular weight is 222 g/mol. The van der Waals surface area contributed by atoms with Gasteiger partial charge in [-0.3, -0.25) is 4.57 Å². The van der Waals surface area contributed by atoms with Gasteiger partial charge in [-0.15, -0.1) is 0 Å². The van der Waals surface area contributed by atoms with Crippen LogP contribution in [-0.4, -0.2) is 23.6 Å². The third-order valence-electron chi connectivity index (χ3n) is 1.83. The molecule has 1 atom stereocenters. The number of rotatable bonds is 4. The number of carbonyl (C=O) groups is 1. The number of ether oxygens (including phenoxy) is 1. The first-order chi connectivity index (χ1) is 6.29. The number of methoxy groups -OCH3 is 1. The largest absolute Gasteiger partial charge is 0.466 e. The van der Waals surface area contributed by atoms with Gasteiger partial charge in [0.1, 0.15) is 0 Å². The van der Waals surface area contributed by atoms with Crippen molar-refractivity contribution in [2.24, 2.45) is 0 Å². The molecule has 0 aliphatic rings. The molecule has 0 rings (SSSR count). The molecule has 1 unspecified atom stereocenters. The highest BCUT2D eigenvalue weighted by Gasteiger charge is 2.23. The van der Waals surface area contributed by atoms with Crippen LogP contribution in [0.25, 0.3) is 0 Å². The zero-order valence-electron chi connectivity index (χ0n) is 8.66. The van der Waals surface area contributed by atoms with E-state index in [1.54, 1.807) is 20.8 Å². The molecule has 1 N–H and O–H groups in total. The van der Waals surface area contributed by atoms with Gasteiger partial charge in [-0.25, -0.2) is 4.79 Å². The molecule has 0 saturated heterocycles. The van der Waals surface area contributed by atoms with Gasteiger partial charge in [-0.2, -0.15) is 0 Å². The number of hydrogen-bond donors (Lipinski definition) is 1. The van der Waals surface area contributed by atoms with E-state index in [0.29, 0.717) is 5.57 Å². The van der Waals surface area contributed by atoms with E-state index in [2.05, 4.69) is 4.74 Å². The Morgan fingerprint density at radius 3 is 2.36 bits per heavy atom. The molecule has 0 aromatic rings. The Balaban J connectivity index is 4.64. The summed E-state index contributed by atoms with van der Waals surface area (Å²) in [6, 6.07) is 0. The number of carbonyl (C=O) groups excluding carboxylic acids is 1. The van der Waals surface area contributed by atoms with Crippen LogP contribution in [0.3, 0.4) is 0 Å². The zero-order valence-corrected chi connectivity index (χ0v) is 9.66. The van der Waals surface area contributed by atoms with E-state index in [-0.39, 0.29) is 0 Å². The van der Waals surface area contributed by atoms with E-state index in [4.69, 9.17) is 9.42 Å². The molecular formula is C8H15O5P. The third kappa shape index (κ3) is 4.56. The first-order valence-corrected chi connectivity index (χ1v) is 5.24. The van der Waals surface area contributed by atoms with E-state index >= 15 is 0 Å². The minimum atomic E-state index is -3.02. The first kappa shape index (κ1) is 13.4. The normalized spacial score (nSPS) is 15.1. The highest BCUT2D eigenvalue weighted by atomic mass is 31.1. The standard InChI is InChI=1S/C8H15O5P/c1-6(5-7(9)12-4)8(2,3)13-14(10)11/h5,14H,1-4H3,(H,10,11). The zero-order chi connectivity index (χ0) is 11.4. The molecule has 5 nitrogen and oxygen atoms in total. The molecule has 0 aromatic carbocycles. The lowest BCUT2D eigenvalue weighted by molar-refractivity contribution is -0.135. The van der Waals surface area contributed by atoms with Gasteiger partial charge in [0.15, 0.2) is 0 Å². The predicted molar refractivity (Wildman–Crippen MR) is 52.2 cm³/mol. The third-order valence-corrected chi connectivity index (χ3v) is 2.51. The van der Waals surface area contributed by atoms with E-state index in [0.717, 1.165) is 0 Å². The van der Waals surface area contributed by atoms with Gasteiger partial charge in [0.05, 0.1) is 12.7 Å². The summed E-state index contributed by atoms with van der Waals surface area (Å²) in [4.78, 5) is 19.5. The van der Waals surface area contributed by atoms with Crippen LogP contribution < -0.4 is 0 Å². The number of esters is 1. The SMILES string of the molecule is COC(=O)C=C(C)C(C)(C)O[PH](=O)O. The highest BCUT2D eigenvalue weighted by Crippen LogP contribution is 2.30. The topological polar surface area (TPSA) is 72.8 Å². The molecule has 82 valence electrons. The van der Waals surface area contributed by atoms with Gasteiger partial charge in [0.2, 0.25) is 0 Å². The Kier molecular flexibility index (Phi) is 5.05. The fourth-order valence-electron chi connectivity index (χ4n) is 0.708. The van der Waals surface area contributed by atoms with Gasteiger partial charge < -0.3 is 14.2 Å². The average Bonchev–Trinajstić information content (AvgIpc) is 2.01. The second-order valence-corrected chi connectivity index (χ2v) is 3.96. The molecular weight excluding hydrogens is 207 g/mol. The summed E-state index contributed by atoms with van der Waals surface area (Å²) in [5, 5.41) is 0. The predicted octanol–water partition coefficient (Wildman–Crippen LogP) is 1.28. The lowest BCUT2D eigenvalue weighted by atomic mass is 10.00. The van der Waals surface area contributed by atoms with Crippen LogP contribution in [-0.2, 0) is 18.6 Å². The summed E-state index contributed by atoms with van der Waals surface area (Å²) in [5.41, 5.74) is -0.421.